The lowest BCUT2D eigenvalue weighted by Gasteiger charge is -2.18. The number of likely N-dealkylation sites (N-methyl/N-ethyl adjacent to an activating group) is 1. The molecule has 0 bridgehead atoms. The van der Waals surface area contributed by atoms with Crippen molar-refractivity contribution in [1.29, 1.82) is 0 Å². The van der Waals surface area contributed by atoms with Gasteiger partial charge in [-0.3, -0.25) is 4.79 Å². The molecule has 0 saturated carbocycles. The molecule has 2 N–H and O–H groups in total. The third kappa shape index (κ3) is 8.12. The molecular formula is C21H28FNO3. The zero-order chi connectivity index (χ0) is 19.5. The van der Waals surface area contributed by atoms with Crippen molar-refractivity contribution in [2.75, 3.05) is 7.05 Å². The molecule has 2 aromatic carbocycles. The molecule has 0 saturated heterocycles. The van der Waals surface area contributed by atoms with Crippen LogP contribution in [0.5, 0.6) is 5.75 Å². The summed E-state index contributed by atoms with van der Waals surface area (Å²) in [6, 6.07) is 13.8. The Kier molecular flexibility index (Phi) is 9.37. The van der Waals surface area contributed by atoms with Crippen LogP contribution < -0.4 is 5.32 Å². The van der Waals surface area contributed by atoms with Crippen molar-refractivity contribution in [3.05, 3.63) is 65.5 Å². The van der Waals surface area contributed by atoms with Crippen LogP contribution in [-0.2, 0) is 16.0 Å². The molecule has 0 aliphatic heterocycles. The summed E-state index contributed by atoms with van der Waals surface area (Å²) in [6.07, 6.45) is 1.41. The summed E-state index contributed by atoms with van der Waals surface area (Å²) in [6.45, 7) is 5.61. The summed E-state index contributed by atoms with van der Waals surface area (Å²) >= 11 is 0. The van der Waals surface area contributed by atoms with Crippen molar-refractivity contribution in [2.45, 2.75) is 45.8 Å². The number of halogens is 1. The van der Waals surface area contributed by atoms with E-state index in [9.17, 15) is 9.18 Å². The molecule has 5 heteroatoms. The number of aromatic hydroxyl groups is 1. The van der Waals surface area contributed by atoms with E-state index in [-0.39, 0.29) is 23.9 Å². The minimum atomic E-state index is -0.396. The number of esters is 1. The van der Waals surface area contributed by atoms with Crippen molar-refractivity contribution in [3.8, 4) is 5.75 Å². The second-order valence-electron chi connectivity index (χ2n) is 6.17. The summed E-state index contributed by atoms with van der Waals surface area (Å²) in [4.78, 5) is 11.7. The Hall–Kier alpha value is -2.40. The molecule has 2 aromatic rings. The molecule has 0 aliphatic rings. The summed E-state index contributed by atoms with van der Waals surface area (Å²) in [7, 11) is 1.78. The van der Waals surface area contributed by atoms with Gasteiger partial charge >= 0.3 is 5.97 Å². The number of hydrogen-bond acceptors (Lipinski definition) is 4. The molecular weight excluding hydrogens is 333 g/mol. The molecule has 142 valence electrons. The van der Waals surface area contributed by atoms with E-state index in [2.05, 4.69) is 5.32 Å². The number of hydrogen-bond donors (Lipinski definition) is 2. The Morgan fingerprint density at radius 3 is 2.38 bits per heavy atom. The number of carbonyl (C=O) groups is 1. The van der Waals surface area contributed by atoms with Gasteiger partial charge in [0.1, 0.15) is 23.7 Å². The third-order valence-electron chi connectivity index (χ3n) is 3.75. The Morgan fingerprint density at radius 2 is 1.88 bits per heavy atom. The van der Waals surface area contributed by atoms with Gasteiger partial charge in [-0.25, -0.2) is 4.39 Å². The van der Waals surface area contributed by atoms with Crippen LogP contribution in [0.15, 0.2) is 48.5 Å². The van der Waals surface area contributed by atoms with Gasteiger partial charge in [0.15, 0.2) is 0 Å². The molecule has 2 atom stereocenters. The predicted molar refractivity (Wildman–Crippen MR) is 102 cm³/mol. The maximum absolute atomic E-state index is 12.3. The maximum Gasteiger partial charge on any atom is 0.323 e. The van der Waals surface area contributed by atoms with E-state index < -0.39 is 5.82 Å². The van der Waals surface area contributed by atoms with Crippen LogP contribution in [0.4, 0.5) is 4.39 Å². The average Bonchev–Trinajstić information content (AvgIpc) is 2.56. The summed E-state index contributed by atoms with van der Waals surface area (Å²) in [5.41, 5.74) is 1.91. The minimum Gasteiger partial charge on any atom is -0.508 e. The number of nitrogens with one attached hydrogen (secondary N) is 1. The van der Waals surface area contributed by atoms with Crippen LogP contribution in [-0.4, -0.2) is 30.3 Å². The lowest BCUT2D eigenvalue weighted by molar-refractivity contribution is -0.150. The fraction of sp³-hybridized carbons (Fsp3) is 0.381. The Labute approximate surface area is 155 Å². The summed E-state index contributed by atoms with van der Waals surface area (Å²) in [5, 5.41) is 11.7. The van der Waals surface area contributed by atoms with Gasteiger partial charge in [0.05, 0.1) is 0 Å². The van der Waals surface area contributed by atoms with Gasteiger partial charge in [-0.15, -0.1) is 0 Å². The topological polar surface area (TPSA) is 58.6 Å². The average molecular weight is 361 g/mol. The molecule has 4 nitrogen and oxygen atoms in total. The Bertz CT molecular complexity index is 622. The highest BCUT2D eigenvalue weighted by Crippen LogP contribution is 2.12. The highest BCUT2D eigenvalue weighted by Gasteiger charge is 2.18. The first-order chi connectivity index (χ1) is 12.3. The van der Waals surface area contributed by atoms with Crippen molar-refractivity contribution in [2.24, 2.45) is 0 Å². The van der Waals surface area contributed by atoms with Crippen molar-refractivity contribution >= 4 is 5.97 Å². The smallest absolute Gasteiger partial charge is 0.323 e. The van der Waals surface area contributed by atoms with Crippen LogP contribution in [0.3, 0.4) is 0 Å². The molecule has 0 heterocycles. The number of rotatable bonds is 6. The van der Waals surface area contributed by atoms with Crippen molar-refractivity contribution in [3.63, 3.8) is 0 Å². The number of aryl methyl sites for hydroxylation is 1. The van der Waals surface area contributed by atoms with E-state index in [1.54, 1.807) is 14.0 Å². The van der Waals surface area contributed by atoms with Crippen molar-refractivity contribution < 1.29 is 19.0 Å². The van der Waals surface area contributed by atoms with E-state index in [4.69, 9.17) is 9.84 Å². The first-order valence-electron chi connectivity index (χ1n) is 8.73. The van der Waals surface area contributed by atoms with Gasteiger partial charge in [0, 0.05) is 12.5 Å². The van der Waals surface area contributed by atoms with E-state index in [1.165, 1.54) is 17.7 Å². The first kappa shape index (κ1) is 21.6. The largest absolute Gasteiger partial charge is 0.508 e. The van der Waals surface area contributed by atoms with E-state index >= 15 is 0 Å². The third-order valence-corrected chi connectivity index (χ3v) is 3.75. The van der Waals surface area contributed by atoms with Crippen molar-refractivity contribution in [1.82, 2.24) is 5.32 Å². The summed E-state index contributed by atoms with van der Waals surface area (Å²) < 4.78 is 17.7. The van der Waals surface area contributed by atoms with E-state index in [0.717, 1.165) is 24.5 Å². The van der Waals surface area contributed by atoms with Crippen LogP contribution >= 0.6 is 0 Å². The van der Waals surface area contributed by atoms with Gasteiger partial charge in [0.25, 0.3) is 0 Å². The SMILES string of the molecule is CC[C@H](NC)C(=O)OC(C)Cc1ccccc1.Cc1cc(O)cc(F)c1. The Morgan fingerprint density at radius 1 is 1.23 bits per heavy atom. The van der Waals surface area contributed by atoms with Gasteiger partial charge in [-0.2, -0.15) is 0 Å². The molecule has 0 amide bonds. The fourth-order valence-electron chi connectivity index (χ4n) is 2.47. The molecule has 0 aromatic heterocycles. The van der Waals surface area contributed by atoms with Crippen LogP contribution in [0.1, 0.15) is 31.4 Å². The standard InChI is InChI=1S/C14H21NO2.C7H7FO/c1-4-13(15-3)14(16)17-11(2)10-12-8-6-5-7-9-12;1-5-2-6(8)4-7(9)3-5/h5-9,11,13,15H,4,10H2,1-3H3;2-4,9H,1H3/t11?,13-;/m0./s1. The first-order valence-corrected chi connectivity index (χ1v) is 8.73. The molecule has 0 fully saturated rings. The molecule has 0 spiro atoms. The Balaban J connectivity index is 0.000000314. The lowest BCUT2D eigenvalue weighted by atomic mass is 10.1. The minimum absolute atomic E-state index is 0.0208. The summed E-state index contributed by atoms with van der Waals surface area (Å²) in [5.74, 6) is -0.585. The van der Waals surface area contributed by atoms with Crippen LogP contribution in [0.25, 0.3) is 0 Å². The number of benzene rings is 2. The number of ether oxygens (including phenoxy) is 1. The zero-order valence-corrected chi connectivity index (χ0v) is 15.8. The highest BCUT2D eigenvalue weighted by molar-refractivity contribution is 5.75. The maximum atomic E-state index is 12.3. The monoisotopic (exact) mass is 361 g/mol. The number of phenols is 1. The van der Waals surface area contributed by atoms with E-state index in [1.807, 2.05) is 44.2 Å². The highest BCUT2D eigenvalue weighted by atomic mass is 19.1. The van der Waals surface area contributed by atoms with Gasteiger partial charge in [-0.1, -0.05) is 37.3 Å². The molecule has 0 aliphatic carbocycles. The van der Waals surface area contributed by atoms with Gasteiger partial charge in [0.2, 0.25) is 0 Å². The second kappa shape index (κ2) is 11.3. The predicted octanol–water partition coefficient (Wildman–Crippen LogP) is 4.00. The van der Waals surface area contributed by atoms with Crippen LogP contribution in [0.2, 0.25) is 0 Å². The number of carbonyl (C=O) groups excluding carboxylic acids is 1. The van der Waals surface area contributed by atoms with E-state index in [0.29, 0.717) is 0 Å². The lowest BCUT2D eigenvalue weighted by Crippen LogP contribution is -2.36. The molecule has 26 heavy (non-hydrogen) atoms. The van der Waals surface area contributed by atoms with Gasteiger partial charge in [-0.05, 0) is 50.6 Å². The van der Waals surface area contributed by atoms with Crippen LogP contribution in [0, 0.1) is 12.7 Å². The van der Waals surface area contributed by atoms with Gasteiger partial charge < -0.3 is 15.2 Å². The second-order valence-corrected chi connectivity index (χ2v) is 6.17. The molecule has 2 rings (SSSR count). The molecule has 0 radical (unpaired) electrons. The quantitative estimate of drug-likeness (QED) is 0.764. The zero-order valence-electron chi connectivity index (χ0n) is 15.8. The number of phenolic OH excluding ortho intramolecular Hbond substituents is 1. The fourth-order valence-corrected chi connectivity index (χ4v) is 2.47. The molecule has 1 unspecified atom stereocenters. The normalized spacial score (nSPS) is 12.5.